The van der Waals surface area contributed by atoms with Crippen molar-refractivity contribution < 1.29 is 17.9 Å². The van der Waals surface area contributed by atoms with Gasteiger partial charge in [0.2, 0.25) is 10.0 Å². The molecule has 0 radical (unpaired) electrons. The lowest BCUT2D eigenvalue weighted by Crippen LogP contribution is -2.46. The summed E-state index contributed by atoms with van der Waals surface area (Å²) in [5.74, 6) is -0.293. The van der Waals surface area contributed by atoms with Crippen LogP contribution in [0.2, 0.25) is 0 Å². The van der Waals surface area contributed by atoms with Crippen molar-refractivity contribution in [3.05, 3.63) is 24.0 Å². The van der Waals surface area contributed by atoms with Gasteiger partial charge in [-0.3, -0.25) is 0 Å². The molecule has 9 heteroatoms. The van der Waals surface area contributed by atoms with E-state index in [1.165, 1.54) is 23.5 Å². The van der Waals surface area contributed by atoms with E-state index in [2.05, 4.69) is 15.0 Å². The van der Waals surface area contributed by atoms with Crippen molar-refractivity contribution in [2.75, 3.05) is 5.32 Å². The molecule has 0 amide bonds. The summed E-state index contributed by atoms with van der Waals surface area (Å²) >= 11 is 1.30. The maximum atomic E-state index is 13.3. The molecule has 3 N–H and O–H groups in total. The molecule has 1 unspecified atom stereocenters. The lowest BCUT2D eigenvalue weighted by molar-refractivity contribution is 0.103. The van der Waals surface area contributed by atoms with Crippen molar-refractivity contribution in [2.45, 2.75) is 63.5 Å². The van der Waals surface area contributed by atoms with E-state index in [0.29, 0.717) is 36.3 Å². The number of nitrogens with zero attached hydrogens (tertiary/aromatic N) is 1. The predicted molar refractivity (Wildman–Crippen MR) is 107 cm³/mol. The molecule has 1 aliphatic carbocycles. The molecule has 0 bridgehead atoms. The largest absolute Gasteiger partial charge is 0.373 e. The number of nitrogens with one attached hydrogen (secondary N) is 2. The van der Waals surface area contributed by atoms with Crippen molar-refractivity contribution in [1.82, 2.24) is 9.71 Å². The van der Waals surface area contributed by atoms with Crippen molar-refractivity contribution in [3.63, 3.8) is 0 Å². The van der Waals surface area contributed by atoms with E-state index in [9.17, 15) is 17.9 Å². The minimum Gasteiger partial charge on any atom is -0.373 e. The van der Waals surface area contributed by atoms with Crippen molar-refractivity contribution in [2.24, 2.45) is 5.92 Å². The van der Waals surface area contributed by atoms with Gasteiger partial charge in [-0.25, -0.2) is 22.5 Å². The van der Waals surface area contributed by atoms with Crippen LogP contribution < -0.4 is 10.0 Å². The van der Waals surface area contributed by atoms with Gasteiger partial charge in [0, 0.05) is 12.0 Å². The van der Waals surface area contributed by atoms with E-state index in [0.717, 1.165) is 4.70 Å². The SMILES string of the molecule is CC(C)(C)S(=O)(=O)NC1CCC(C(O)Nc2nc3ccc(F)cc3s2)CC1. The van der Waals surface area contributed by atoms with Crippen LogP contribution in [0.1, 0.15) is 46.5 Å². The zero-order valence-corrected chi connectivity index (χ0v) is 17.3. The first-order valence-corrected chi connectivity index (χ1v) is 11.4. The minimum absolute atomic E-state index is 0.0177. The Hall–Kier alpha value is -1.29. The van der Waals surface area contributed by atoms with Gasteiger partial charge in [0.05, 0.1) is 15.0 Å². The van der Waals surface area contributed by atoms with Crippen LogP contribution in [0.5, 0.6) is 0 Å². The Morgan fingerprint density at radius 3 is 2.56 bits per heavy atom. The number of anilines is 1. The van der Waals surface area contributed by atoms with E-state index >= 15 is 0 Å². The number of hydrogen-bond donors (Lipinski definition) is 3. The molecule has 0 aliphatic heterocycles. The normalized spacial score (nSPS) is 22.7. The fourth-order valence-corrected chi connectivity index (χ4v) is 5.10. The first kappa shape index (κ1) is 20.4. The van der Waals surface area contributed by atoms with Gasteiger partial charge in [0.1, 0.15) is 12.0 Å². The highest BCUT2D eigenvalue weighted by Crippen LogP contribution is 2.31. The number of rotatable bonds is 5. The van der Waals surface area contributed by atoms with Crippen LogP contribution in [0.3, 0.4) is 0 Å². The molecule has 0 saturated heterocycles. The maximum absolute atomic E-state index is 13.3. The van der Waals surface area contributed by atoms with Gasteiger partial charge in [0.15, 0.2) is 5.13 Å². The van der Waals surface area contributed by atoms with E-state index < -0.39 is 21.0 Å². The summed E-state index contributed by atoms with van der Waals surface area (Å²) in [5.41, 5.74) is 0.691. The Morgan fingerprint density at radius 2 is 1.93 bits per heavy atom. The molecule has 1 atom stereocenters. The van der Waals surface area contributed by atoms with Gasteiger partial charge in [-0.15, -0.1) is 0 Å². The lowest BCUT2D eigenvalue weighted by atomic mass is 9.85. The van der Waals surface area contributed by atoms with Crippen molar-refractivity contribution in [1.29, 1.82) is 0 Å². The van der Waals surface area contributed by atoms with Crippen molar-refractivity contribution >= 4 is 36.7 Å². The summed E-state index contributed by atoms with van der Waals surface area (Å²) in [6, 6.07) is 4.31. The van der Waals surface area contributed by atoms with E-state index in [1.54, 1.807) is 26.8 Å². The predicted octanol–water partition coefficient (Wildman–Crippen LogP) is 3.44. The molecule has 1 aliphatic rings. The van der Waals surface area contributed by atoms with E-state index in [1.807, 2.05) is 0 Å². The number of fused-ring (bicyclic) bond motifs is 1. The molecule has 6 nitrogen and oxygen atoms in total. The monoisotopic (exact) mass is 415 g/mol. The van der Waals surface area contributed by atoms with Crippen molar-refractivity contribution in [3.8, 4) is 0 Å². The van der Waals surface area contributed by atoms with Crippen LogP contribution in [-0.4, -0.2) is 35.5 Å². The number of aromatic nitrogens is 1. The Balaban J connectivity index is 1.56. The average Bonchev–Trinajstić information content (AvgIpc) is 2.95. The molecule has 3 rings (SSSR count). The Morgan fingerprint density at radius 1 is 1.26 bits per heavy atom. The molecule has 150 valence electrons. The standard InChI is InChI=1S/C18H26FN3O3S2/c1-18(2,3)27(24,25)22-13-7-4-11(5-8-13)16(23)21-17-20-14-9-6-12(19)10-15(14)26-17/h6,9-11,13,16,22-23H,4-5,7-8H2,1-3H3,(H,20,21). The number of sulfonamides is 1. The summed E-state index contributed by atoms with van der Waals surface area (Å²) in [6.07, 6.45) is 2.03. The number of benzene rings is 1. The van der Waals surface area contributed by atoms with E-state index in [-0.39, 0.29) is 17.8 Å². The van der Waals surface area contributed by atoms with Crippen LogP contribution in [-0.2, 0) is 10.0 Å². The number of thiazole rings is 1. The van der Waals surface area contributed by atoms with Crippen LogP contribution >= 0.6 is 11.3 Å². The minimum atomic E-state index is -3.37. The van der Waals surface area contributed by atoms with Crippen LogP contribution in [0, 0.1) is 11.7 Å². The van der Waals surface area contributed by atoms with Gasteiger partial charge in [0.25, 0.3) is 0 Å². The topological polar surface area (TPSA) is 91.3 Å². The third-order valence-electron chi connectivity index (χ3n) is 4.97. The van der Waals surface area contributed by atoms with Gasteiger partial charge in [-0.2, -0.15) is 0 Å². The zero-order chi connectivity index (χ0) is 19.8. The first-order chi connectivity index (χ1) is 12.5. The fraction of sp³-hybridized carbons (Fsp3) is 0.611. The van der Waals surface area contributed by atoms with Crippen LogP contribution in [0.4, 0.5) is 9.52 Å². The van der Waals surface area contributed by atoms with Crippen LogP contribution in [0.15, 0.2) is 18.2 Å². The fourth-order valence-electron chi connectivity index (χ4n) is 3.15. The summed E-state index contributed by atoms with van der Waals surface area (Å²) in [7, 11) is -3.37. The zero-order valence-electron chi connectivity index (χ0n) is 15.7. The number of aliphatic hydroxyl groups excluding tert-OH is 1. The van der Waals surface area contributed by atoms with Gasteiger partial charge in [-0.05, 0) is 64.7 Å². The number of halogens is 1. The molecule has 1 saturated carbocycles. The molecule has 1 aromatic heterocycles. The smallest absolute Gasteiger partial charge is 0.216 e. The number of hydrogen-bond acceptors (Lipinski definition) is 6. The lowest BCUT2D eigenvalue weighted by Gasteiger charge is -2.33. The van der Waals surface area contributed by atoms with Gasteiger partial charge < -0.3 is 10.4 Å². The molecule has 2 aromatic rings. The molecule has 27 heavy (non-hydrogen) atoms. The highest BCUT2D eigenvalue weighted by atomic mass is 32.2. The third kappa shape index (κ3) is 4.77. The highest BCUT2D eigenvalue weighted by molar-refractivity contribution is 7.90. The summed E-state index contributed by atoms with van der Waals surface area (Å²) in [5, 5.41) is 14.1. The van der Waals surface area contributed by atoms with Crippen LogP contribution in [0.25, 0.3) is 10.2 Å². The second-order valence-electron chi connectivity index (χ2n) is 8.07. The first-order valence-electron chi connectivity index (χ1n) is 9.08. The second kappa shape index (κ2) is 7.62. The highest BCUT2D eigenvalue weighted by Gasteiger charge is 2.34. The molecule has 0 spiro atoms. The number of aliphatic hydroxyl groups is 1. The maximum Gasteiger partial charge on any atom is 0.216 e. The Kier molecular flexibility index (Phi) is 5.77. The second-order valence-corrected chi connectivity index (χ2v) is 11.6. The third-order valence-corrected chi connectivity index (χ3v) is 8.17. The summed E-state index contributed by atoms with van der Waals surface area (Å²) in [6.45, 7) is 5.04. The quantitative estimate of drug-likeness (QED) is 0.651. The van der Waals surface area contributed by atoms with Gasteiger partial charge >= 0.3 is 0 Å². The van der Waals surface area contributed by atoms with E-state index in [4.69, 9.17) is 0 Å². The molecular formula is C18H26FN3O3S2. The molecule has 1 heterocycles. The molecule has 1 aromatic carbocycles. The summed E-state index contributed by atoms with van der Waals surface area (Å²) < 4.78 is 40.5. The Bertz CT molecular complexity index is 900. The summed E-state index contributed by atoms with van der Waals surface area (Å²) in [4.78, 5) is 4.37. The molecular weight excluding hydrogens is 389 g/mol. The Labute approximate surface area is 163 Å². The van der Waals surface area contributed by atoms with Gasteiger partial charge in [-0.1, -0.05) is 11.3 Å². The average molecular weight is 416 g/mol. The molecule has 1 fully saturated rings.